The Labute approximate surface area is 126 Å². The molecule has 2 nitrogen and oxygen atoms in total. The van der Waals surface area contributed by atoms with Gasteiger partial charge in [-0.3, -0.25) is 4.79 Å². The Morgan fingerprint density at radius 1 is 0.952 bits per heavy atom. The molecule has 1 amide bonds. The number of carbonyl (C=O) groups excluding carboxylic acids is 1. The Kier molecular flexibility index (Phi) is 5.33. The van der Waals surface area contributed by atoms with Gasteiger partial charge in [0.2, 0.25) is 5.91 Å². The van der Waals surface area contributed by atoms with Gasteiger partial charge in [-0.2, -0.15) is 0 Å². The highest BCUT2D eigenvalue weighted by Crippen LogP contribution is 2.36. The average Bonchev–Trinajstić information content (AvgIpc) is 2.46. The fourth-order valence-corrected chi connectivity index (χ4v) is 3.19. The lowest BCUT2D eigenvalue weighted by atomic mass is 10.0. The van der Waals surface area contributed by atoms with Crippen molar-refractivity contribution >= 4 is 17.7 Å². The van der Waals surface area contributed by atoms with Gasteiger partial charge in [-0.15, -0.1) is 11.8 Å². The van der Waals surface area contributed by atoms with Gasteiger partial charge in [-0.05, 0) is 35.4 Å². The molecule has 2 rings (SSSR count). The van der Waals surface area contributed by atoms with E-state index >= 15 is 0 Å². The lowest BCUT2D eigenvalue weighted by Gasteiger charge is -2.17. The average molecular weight is 307 g/mol. The molecular weight excluding hydrogens is 292 g/mol. The zero-order valence-electron chi connectivity index (χ0n) is 11.3. The van der Waals surface area contributed by atoms with Crippen LogP contribution in [0.5, 0.6) is 0 Å². The number of nitrogens with two attached hydrogens (primary N) is 1. The number of primary amides is 1. The number of thioether (sulfide) groups is 1. The molecule has 0 aliphatic carbocycles. The van der Waals surface area contributed by atoms with Crippen LogP contribution >= 0.6 is 11.8 Å². The molecule has 0 spiro atoms. The molecule has 0 atom stereocenters. The lowest BCUT2D eigenvalue weighted by Crippen LogP contribution is -2.11. The van der Waals surface area contributed by atoms with Crippen LogP contribution in [0.1, 0.15) is 22.8 Å². The third kappa shape index (κ3) is 4.56. The Bertz CT molecular complexity index is 553. The highest BCUT2D eigenvalue weighted by Gasteiger charge is 2.15. The van der Waals surface area contributed by atoms with Crippen LogP contribution in [0.2, 0.25) is 0 Å². The van der Waals surface area contributed by atoms with Gasteiger partial charge in [0, 0.05) is 12.2 Å². The smallest absolute Gasteiger partial charge is 0.218 e. The van der Waals surface area contributed by atoms with Crippen LogP contribution < -0.4 is 5.73 Å². The number of amides is 1. The van der Waals surface area contributed by atoms with E-state index in [1.54, 1.807) is 24.3 Å². The highest BCUT2D eigenvalue weighted by molar-refractivity contribution is 7.99. The van der Waals surface area contributed by atoms with Crippen molar-refractivity contribution in [1.82, 2.24) is 0 Å². The molecule has 0 bridgehead atoms. The Hall–Kier alpha value is -1.88. The molecule has 0 aliphatic rings. The van der Waals surface area contributed by atoms with Crippen molar-refractivity contribution in [2.24, 2.45) is 5.73 Å². The Balaban J connectivity index is 2.22. The van der Waals surface area contributed by atoms with Crippen LogP contribution in [0.25, 0.3) is 0 Å². The predicted molar refractivity (Wildman–Crippen MR) is 80.9 cm³/mol. The van der Waals surface area contributed by atoms with E-state index in [9.17, 15) is 13.6 Å². The van der Waals surface area contributed by atoms with Crippen molar-refractivity contribution in [3.8, 4) is 0 Å². The number of hydrogen-bond acceptors (Lipinski definition) is 2. The van der Waals surface area contributed by atoms with E-state index in [0.29, 0.717) is 5.75 Å². The molecule has 0 saturated heterocycles. The van der Waals surface area contributed by atoms with Crippen molar-refractivity contribution in [3.05, 3.63) is 71.3 Å². The largest absolute Gasteiger partial charge is 0.370 e. The van der Waals surface area contributed by atoms with Gasteiger partial charge < -0.3 is 5.73 Å². The summed E-state index contributed by atoms with van der Waals surface area (Å²) in [5.74, 6) is -0.425. The minimum absolute atomic E-state index is 0.0921. The first-order valence-corrected chi connectivity index (χ1v) is 7.52. The predicted octanol–water partition coefficient (Wildman–Crippen LogP) is 3.66. The SMILES string of the molecule is NC(=O)CCSC(c1ccc(F)cc1)c1ccc(F)cc1. The van der Waals surface area contributed by atoms with E-state index in [-0.39, 0.29) is 29.2 Å². The lowest BCUT2D eigenvalue weighted by molar-refractivity contribution is -0.117. The van der Waals surface area contributed by atoms with Crippen LogP contribution in [-0.4, -0.2) is 11.7 Å². The van der Waals surface area contributed by atoms with E-state index in [1.165, 1.54) is 36.0 Å². The third-order valence-corrected chi connectivity index (χ3v) is 4.30. The molecule has 0 aromatic heterocycles. The molecule has 2 aromatic carbocycles. The summed E-state index contributed by atoms with van der Waals surface area (Å²) in [5.41, 5.74) is 6.95. The van der Waals surface area contributed by atoms with E-state index < -0.39 is 0 Å². The summed E-state index contributed by atoms with van der Waals surface area (Å²) in [6.45, 7) is 0. The molecule has 0 aliphatic heterocycles. The first-order valence-electron chi connectivity index (χ1n) is 6.47. The maximum absolute atomic E-state index is 13.0. The maximum atomic E-state index is 13.0. The number of hydrogen-bond donors (Lipinski definition) is 1. The summed E-state index contributed by atoms with van der Waals surface area (Å²) in [7, 11) is 0. The number of benzene rings is 2. The Morgan fingerprint density at radius 3 is 1.76 bits per heavy atom. The monoisotopic (exact) mass is 307 g/mol. The second kappa shape index (κ2) is 7.22. The van der Waals surface area contributed by atoms with Gasteiger partial charge >= 0.3 is 0 Å². The number of rotatable bonds is 6. The molecule has 2 N–H and O–H groups in total. The van der Waals surface area contributed by atoms with Crippen molar-refractivity contribution < 1.29 is 13.6 Å². The fourth-order valence-electron chi connectivity index (χ4n) is 1.94. The van der Waals surface area contributed by atoms with Crippen LogP contribution in [0.15, 0.2) is 48.5 Å². The molecular formula is C16H15F2NOS. The van der Waals surface area contributed by atoms with Crippen molar-refractivity contribution in [3.63, 3.8) is 0 Å². The fraction of sp³-hybridized carbons (Fsp3) is 0.188. The standard InChI is InChI=1S/C16H15F2NOS/c17-13-5-1-11(2-6-13)16(21-10-9-15(19)20)12-3-7-14(18)8-4-12/h1-8,16H,9-10H2,(H2,19,20). The van der Waals surface area contributed by atoms with Gasteiger partial charge in [0.25, 0.3) is 0 Å². The van der Waals surface area contributed by atoms with Gasteiger partial charge in [0.05, 0.1) is 5.25 Å². The second-order valence-electron chi connectivity index (χ2n) is 4.57. The van der Waals surface area contributed by atoms with Gasteiger partial charge in [0.15, 0.2) is 0 Å². The summed E-state index contributed by atoms with van der Waals surface area (Å²) in [6, 6.07) is 12.3. The Morgan fingerprint density at radius 2 is 1.38 bits per heavy atom. The van der Waals surface area contributed by atoms with Crippen molar-refractivity contribution in [2.75, 3.05) is 5.75 Å². The first kappa shape index (κ1) is 15.5. The highest BCUT2D eigenvalue weighted by atomic mass is 32.2. The van der Waals surface area contributed by atoms with Crippen LogP contribution in [0.3, 0.4) is 0 Å². The summed E-state index contributed by atoms with van der Waals surface area (Å²) in [5, 5.41) is -0.0921. The first-order chi connectivity index (χ1) is 10.1. The molecule has 0 saturated carbocycles. The third-order valence-electron chi connectivity index (χ3n) is 2.98. The normalized spacial score (nSPS) is 10.8. The van der Waals surface area contributed by atoms with Gasteiger partial charge in [-0.1, -0.05) is 24.3 Å². The van der Waals surface area contributed by atoms with Crippen molar-refractivity contribution in [2.45, 2.75) is 11.7 Å². The minimum atomic E-state index is -0.362. The maximum Gasteiger partial charge on any atom is 0.218 e. The summed E-state index contributed by atoms with van der Waals surface area (Å²) < 4.78 is 26.1. The van der Waals surface area contributed by atoms with E-state index in [2.05, 4.69) is 0 Å². The van der Waals surface area contributed by atoms with E-state index in [1.807, 2.05) is 0 Å². The zero-order valence-corrected chi connectivity index (χ0v) is 12.1. The van der Waals surface area contributed by atoms with E-state index in [0.717, 1.165) is 11.1 Å². The molecule has 2 aromatic rings. The molecule has 0 radical (unpaired) electrons. The number of halogens is 2. The van der Waals surface area contributed by atoms with Crippen LogP contribution in [0, 0.1) is 11.6 Å². The number of carbonyl (C=O) groups is 1. The van der Waals surface area contributed by atoms with Gasteiger partial charge in [-0.25, -0.2) is 8.78 Å². The summed E-state index contributed by atoms with van der Waals surface area (Å²) in [4.78, 5) is 10.9. The molecule has 0 fully saturated rings. The second-order valence-corrected chi connectivity index (χ2v) is 5.78. The summed E-state index contributed by atoms with van der Waals surface area (Å²) >= 11 is 1.52. The molecule has 110 valence electrons. The molecule has 21 heavy (non-hydrogen) atoms. The van der Waals surface area contributed by atoms with Gasteiger partial charge in [0.1, 0.15) is 11.6 Å². The molecule has 0 unspecified atom stereocenters. The van der Waals surface area contributed by atoms with Crippen LogP contribution in [-0.2, 0) is 4.79 Å². The molecule has 0 heterocycles. The zero-order chi connectivity index (χ0) is 15.2. The summed E-state index contributed by atoms with van der Waals surface area (Å²) in [6.07, 6.45) is 0.267. The molecule has 5 heteroatoms. The quantitative estimate of drug-likeness (QED) is 0.885. The topological polar surface area (TPSA) is 43.1 Å². The van der Waals surface area contributed by atoms with Crippen molar-refractivity contribution in [1.29, 1.82) is 0 Å². The van der Waals surface area contributed by atoms with Crippen LogP contribution in [0.4, 0.5) is 8.78 Å². The van der Waals surface area contributed by atoms with E-state index in [4.69, 9.17) is 5.73 Å². The minimum Gasteiger partial charge on any atom is -0.370 e.